The minimum atomic E-state index is -5.82. The predicted molar refractivity (Wildman–Crippen MR) is 55.9 cm³/mol. The zero-order chi connectivity index (χ0) is 14.6. The largest absolute Gasteiger partial charge is 0.523 e. The van der Waals surface area contributed by atoms with Crippen LogP contribution in [0.15, 0.2) is 0 Å². The van der Waals surface area contributed by atoms with E-state index in [1.165, 1.54) is 13.8 Å². The highest BCUT2D eigenvalue weighted by Crippen LogP contribution is 2.28. The number of hydrogen-bond donors (Lipinski definition) is 0. The van der Waals surface area contributed by atoms with Crippen LogP contribution in [0, 0.1) is 5.92 Å². The average molecular weight is 292 g/mol. The van der Waals surface area contributed by atoms with Crippen LogP contribution in [0.3, 0.4) is 0 Å². The molecule has 0 radical (unpaired) electrons. The lowest BCUT2D eigenvalue weighted by Crippen LogP contribution is -2.38. The molecule has 0 aliphatic rings. The summed E-state index contributed by atoms with van der Waals surface area (Å²) >= 11 is 0. The summed E-state index contributed by atoms with van der Waals surface area (Å²) < 4.78 is 66.5. The van der Waals surface area contributed by atoms with Crippen molar-refractivity contribution < 1.29 is 35.3 Å². The van der Waals surface area contributed by atoms with Crippen molar-refractivity contribution in [3.63, 3.8) is 0 Å². The van der Waals surface area contributed by atoms with Gasteiger partial charge in [-0.05, 0) is 12.8 Å². The van der Waals surface area contributed by atoms with E-state index in [0.717, 1.165) is 0 Å². The summed E-state index contributed by atoms with van der Waals surface area (Å²) in [5.74, 6) is -1.85. The van der Waals surface area contributed by atoms with Gasteiger partial charge in [0.05, 0.1) is 6.61 Å². The van der Waals surface area contributed by atoms with Gasteiger partial charge in [-0.25, -0.2) is 8.98 Å². The molecule has 0 aromatic heterocycles. The standard InChI is InChI=1S/C9H15F3O5S/c1-4-6(3)7(8(13)16-5-2)17-18(14,15)9(10,11)12/h6-7H,4-5H2,1-3H3. The summed E-state index contributed by atoms with van der Waals surface area (Å²) in [5.41, 5.74) is -5.56. The first-order valence-electron chi connectivity index (χ1n) is 5.23. The zero-order valence-electron chi connectivity index (χ0n) is 10.2. The molecular formula is C9H15F3O5S. The molecule has 0 N–H and O–H groups in total. The van der Waals surface area contributed by atoms with E-state index in [-0.39, 0.29) is 13.0 Å². The average Bonchev–Trinajstić information content (AvgIpc) is 2.23. The van der Waals surface area contributed by atoms with Gasteiger partial charge in [0.1, 0.15) is 0 Å². The Morgan fingerprint density at radius 1 is 1.28 bits per heavy atom. The Balaban J connectivity index is 5.09. The summed E-state index contributed by atoms with van der Waals surface area (Å²) in [5, 5.41) is 0. The Bertz CT molecular complexity index is 376. The highest BCUT2D eigenvalue weighted by molar-refractivity contribution is 7.87. The van der Waals surface area contributed by atoms with E-state index in [2.05, 4.69) is 8.92 Å². The molecule has 0 saturated heterocycles. The second-order valence-electron chi connectivity index (χ2n) is 3.55. The monoisotopic (exact) mass is 292 g/mol. The van der Waals surface area contributed by atoms with Crippen molar-refractivity contribution >= 4 is 16.1 Å². The first-order chi connectivity index (χ1) is 8.06. The predicted octanol–water partition coefficient (Wildman–Crippen LogP) is 1.83. The van der Waals surface area contributed by atoms with Crippen molar-refractivity contribution in [3.8, 4) is 0 Å². The summed E-state index contributed by atoms with van der Waals surface area (Å²) in [6.45, 7) is 4.35. The maximum absolute atomic E-state index is 12.1. The lowest BCUT2D eigenvalue weighted by atomic mass is 10.0. The molecule has 9 heteroatoms. The SMILES string of the molecule is CCOC(=O)C(OS(=O)(=O)C(F)(F)F)C(C)CC. The number of carbonyl (C=O) groups excluding carboxylic acids is 1. The molecular weight excluding hydrogens is 277 g/mol. The maximum Gasteiger partial charge on any atom is 0.523 e. The van der Waals surface area contributed by atoms with Gasteiger partial charge in [-0.15, -0.1) is 0 Å². The normalized spacial score (nSPS) is 16.1. The fraction of sp³-hybridized carbons (Fsp3) is 0.889. The van der Waals surface area contributed by atoms with Gasteiger partial charge in [-0.3, -0.25) is 0 Å². The summed E-state index contributed by atoms with van der Waals surface area (Å²) in [6.07, 6.45) is -1.53. The van der Waals surface area contributed by atoms with Gasteiger partial charge in [-0.1, -0.05) is 20.3 Å². The molecule has 2 atom stereocenters. The highest BCUT2D eigenvalue weighted by Gasteiger charge is 2.50. The molecule has 0 aromatic carbocycles. The number of alkyl halides is 3. The van der Waals surface area contributed by atoms with Gasteiger partial charge in [-0.2, -0.15) is 21.6 Å². The molecule has 0 spiro atoms. The second-order valence-corrected chi connectivity index (χ2v) is 5.12. The van der Waals surface area contributed by atoms with Gasteiger partial charge in [0.25, 0.3) is 0 Å². The Labute approximate surface area is 103 Å². The first-order valence-corrected chi connectivity index (χ1v) is 6.63. The Kier molecular flexibility index (Phi) is 6.08. The van der Waals surface area contributed by atoms with E-state index >= 15 is 0 Å². The van der Waals surface area contributed by atoms with Gasteiger partial charge in [0.2, 0.25) is 0 Å². The third-order valence-corrected chi connectivity index (χ3v) is 3.22. The third kappa shape index (κ3) is 4.45. The van der Waals surface area contributed by atoms with Crippen LogP contribution in [0.4, 0.5) is 13.2 Å². The number of carbonyl (C=O) groups is 1. The van der Waals surface area contributed by atoms with Crippen molar-refractivity contribution in [2.24, 2.45) is 5.92 Å². The minimum Gasteiger partial charge on any atom is -0.464 e. The molecule has 0 heterocycles. The summed E-state index contributed by atoms with van der Waals surface area (Å²) in [6, 6.07) is 0. The zero-order valence-corrected chi connectivity index (χ0v) is 11.0. The van der Waals surface area contributed by atoms with E-state index in [1.54, 1.807) is 6.92 Å². The van der Waals surface area contributed by atoms with Crippen LogP contribution < -0.4 is 0 Å². The molecule has 0 bridgehead atoms. The smallest absolute Gasteiger partial charge is 0.464 e. The Morgan fingerprint density at radius 3 is 2.11 bits per heavy atom. The van der Waals surface area contributed by atoms with Crippen molar-refractivity contribution in [2.75, 3.05) is 6.61 Å². The van der Waals surface area contributed by atoms with Crippen molar-refractivity contribution in [2.45, 2.75) is 38.8 Å². The highest BCUT2D eigenvalue weighted by atomic mass is 32.2. The Hall–Kier alpha value is -0.830. The topological polar surface area (TPSA) is 69.7 Å². The van der Waals surface area contributed by atoms with Crippen LogP contribution in [0.25, 0.3) is 0 Å². The van der Waals surface area contributed by atoms with Crippen molar-refractivity contribution in [1.29, 1.82) is 0 Å². The first kappa shape index (κ1) is 17.2. The van der Waals surface area contributed by atoms with Gasteiger partial charge in [0, 0.05) is 0 Å². The van der Waals surface area contributed by atoms with Crippen LogP contribution in [0.1, 0.15) is 27.2 Å². The molecule has 0 aliphatic heterocycles. The molecule has 108 valence electrons. The lowest BCUT2D eigenvalue weighted by Gasteiger charge is -2.21. The third-order valence-electron chi connectivity index (χ3n) is 2.19. The van der Waals surface area contributed by atoms with Crippen LogP contribution in [0.2, 0.25) is 0 Å². The van der Waals surface area contributed by atoms with E-state index in [9.17, 15) is 26.4 Å². The second kappa shape index (κ2) is 6.37. The summed E-state index contributed by atoms with van der Waals surface area (Å²) in [7, 11) is -5.82. The molecule has 5 nitrogen and oxygen atoms in total. The lowest BCUT2D eigenvalue weighted by molar-refractivity contribution is -0.154. The van der Waals surface area contributed by atoms with E-state index < -0.39 is 33.6 Å². The van der Waals surface area contributed by atoms with Crippen LogP contribution in [0.5, 0.6) is 0 Å². The van der Waals surface area contributed by atoms with Gasteiger partial charge >= 0.3 is 21.6 Å². The number of halogens is 3. The molecule has 0 rings (SSSR count). The van der Waals surface area contributed by atoms with Crippen molar-refractivity contribution in [1.82, 2.24) is 0 Å². The minimum absolute atomic E-state index is 0.0821. The number of hydrogen-bond acceptors (Lipinski definition) is 5. The molecule has 18 heavy (non-hydrogen) atoms. The maximum atomic E-state index is 12.1. The molecule has 0 fully saturated rings. The van der Waals surface area contributed by atoms with E-state index in [1.807, 2.05) is 0 Å². The molecule has 0 aliphatic carbocycles. The van der Waals surface area contributed by atoms with Gasteiger partial charge in [0.15, 0.2) is 6.10 Å². The van der Waals surface area contributed by atoms with Gasteiger partial charge < -0.3 is 4.74 Å². The van der Waals surface area contributed by atoms with E-state index in [4.69, 9.17) is 0 Å². The molecule has 0 aromatic rings. The Morgan fingerprint density at radius 2 is 1.78 bits per heavy atom. The molecule has 2 unspecified atom stereocenters. The molecule has 0 saturated carbocycles. The van der Waals surface area contributed by atoms with Crippen LogP contribution in [-0.2, 0) is 23.8 Å². The van der Waals surface area contributed by atoms with E-state index in [0.29, 0.717) is 0 Å². The quantitative estimate of drug-likeness (QED) is 0.424. The fourth-order valence-electron chi connectivity index (χ4n) is 0.996. The summed E-state index contributed by atoms with van der Waals surface area (Å²) in [4.78, 5) is 11.4. The number of esters is 1. The number of rotatable bonds is 6. The van der Waals surface area contributed by atoms with Crippen molar-refractivity contribution in [3.05, 3.63) is 0 Å². The van der Waals surface area contributed by atoms with Crippen LogP contribution in [-0.4, -0.2) is 32.6 Å². The fourth-order valence-corrected chi connectivity index (χ4v) is 1.65. The molecule has 0 amide bonds. The number of ether oxygens (including phenoxy) is 1. The van der Waals surface area contributed by atoms with Crippen LogP contribution >= 0.6 is 0 Å².